The average molecular weight is 219 g/mol. The highest BCUT2D eigenvalue weighted by Gasteiger charge is 1.88. The Morgan fingerprint density at radius 3 is 2.06 bits per heavy atom. The molecule has 16 heavy (non-hydrogen) atoms. The van der Waals surface area contributed by atoms with Gasteiger partial charge in [-0.05, 0) is 19.8 Å². The molecule has 0 aromatic heterocycles. The Labute approximate surface area is 102 Å². The molecule has 0 aliphatic heterocycles. The summed E-state index contributed by atoms with van der Waals surface area (Å²) in [5.41, 5.74) is 0. The van der Waals surface area contributed by atoms with E-state index in [2.05, 4.69) is 31.2 Å². The quantitative estimate of drug-likeness (QED) is 0.330. The minimum Gasteiger partial charge on any atom is -0.0877 e. The van der Waals surface area contributed by atoms with E-state index in [4.69, 9.17) is 0 Å². The number of rotatable bonds is 10. The van der Waals surface area contributed by atoms with Crippen molar-refractivity contribution < 1.29 is 0 Å². The molecule has 0 spiro atoms. The highest BCUT2D eigenvalue weighted by atomic mass is 13.9. The Bertz CT molecular complexity index is 196. The highest BCUT2D eigenvalue weighted by molar-refractivity contribution is 5.10. The minimum absolute atomic E-state index is 1.10. The zero-order valence-corrected chi connectivity index (χ0v) is 10.8. The monoisotopic (exact) mass is 219 g/mol. The van der Waals surface area contributed by atoms with E-state index in [9.17, 15) is 0 Å². The third-order valence-corrected chi connectivity index (χ3v) is 2.53. The second-order valence-corrected chi connectivity index (χ2v) is 4.10. The Kier molecular flexibility index (Phi) is 13.5. The van der Waals surface area contributed by atoms with Gasteiger partial charge < -0.3 is 0 Å². The molecule has 0 aromatic carbocycles. The van der Waals surface area contributed by atoms with E-state index in [0.717, 1.165) is 6.42 Å². The van der Waals surface area contributed by atoms with E-state index in [1.807, 2.05) is 19.1 Å². The number of hydrogen-bond donors (Lipinski definition) is 0. The Hall–Kier alpha value is -0.780. The van der Waals surface area contributed by atoms with Gasteiger partial charge >= 0.3 is 0 Å². The molecule has 91 valence electrons. The van der Waals surface area contributed by atoms with Crippen LogP contribution in [-0.4, -0.2) is 0 Å². The summed E-state index contributed by atoms with van der Waals surface area (Å²) in [4.78, 5) is 0. The molecule has 0 heteroatoms. The first kappa shape index (κ1) is 15.2. The van der Waals surface area contributed by atoms with Gasteiger partial charge in [-0.2, -0.15) is 0 Å². The molecule has 0 unspecified atom stereocenters. The largest absolute Gasteiger partial charge is 0.0877 e. The summed E-state index contributed by atoms with van der Waals surface area (Å²) < 4.78 is 0. The van der Waals surface area contributed by atoms with Gasteiger partial charge in [0, 0.05) is 0 Å². The maximum atomic E-state index is 3.85. The van der Waals surface area contributed by atoms with Crippen LogP contribution < -0.4 is 0 Å². The average Bonchev–Trinajstić information content (AvgIpc) is 2.31. The Balaban J connectivity index is 3.14. The molecule has 0 saturated heterocycles. The fraction of sp³-hybridized carbons (Fsp3) is 0.562. The molecule has 0 atom stereocenters. The van der Waals surface area contributed by atoms with Crippen molar-refractivity contribution in [3.8, 4) is 0 Å². The summed E-state index contributed by atoms with van der Waals surface area (Å²) >= 11 is 0. The van der Waals surface area contributed by atoms with E-state index in [1.165, 1.54) is 44.9 Å². The predicted octanol–water partition coefficient (Wildman–Crippen LogP) is 5.63. The van der Waals surface area contributed by atoms with Crippen LogP contribution in [0.1, 0.15) is 58.3 Å². The number of allylic oxidation sites excluding steroid dienone is 6. The normalized spacial score (nSPS) is 12.4. The molecule has 0 nitrogen and oxygen atoms in total. The van der Waals surface area contributed by atoms with Gasteiger partial charge in [0.15, 0.2) is 0 Å². The van der Waals surface area contributed by atoms with Crippen LogP contribution in [0.25, 0.3) is 0 Å². The summed E-state index contributed by atoms with van der Waals surface area (Å²) in [5, 5.41) is 0. The molecule has 0 saturated carbocycles. The molecule has 0 heterocycles. The molecular weight excluding hydrogens is 192 g/mol. The second-order valence-electron chi connectivity index (χ2n) is 4.10. The molecule has 0 rings (SSSR count). The fourth-order valence-electron chi connectivity index (χ4n) is 1.56. The van der Waals surface area contributed by atoms with Crippen molar-refractivity contribution in [2.24, 2.45) is 0 Å². The summed E-state index contributed by atoms with van der Waals surface area (Å²) in [6, 6.07) is 0. The summed E-state index contributed by atoms with van der Waals surface area (Å²) in [6.07, 6.45) is 23.1. The van der Waals surface area contributed by atoms with Crippen LogP contribution in [0.15, 0.2) is 36.5 Å². The Morgan fingerprint density at radius 2 is 1.38 bits per heavy atom. The van der Waals surface area contributed by atoms with Crippen LogP contribution in [-0.2, 0) is 0 Å². The summed E-state index contributed by atoms with van der Waals surface area (Å²) in [7, 11) is 0. The molecule has 0 N–H and O–H groups in total. The fourth-order valence-corrected chi connectivity index (χ4v) is 1.56. The maximum absolute atomic E-state index is 3.85. The van der Waals surface area contributed by atoms with Gasteiger partial charge in [-0.25, -0.2) is 0 Å². The molecular formula is C16H27. The van der Waals surface area contributed by atoms with Gasteiger partial charge in [-0.3, -0.25) is 0 Å². The standard InChI is InChI=1S/C16H27/c1-3-5-7-9-11-13-15-16-14-12-10-8-6-4-2/h4,6,8,10,12,14H,1,3,5,7,9,11,13,15-16H2,2H3/b6-4-,10-8+,14-12+. The van der Waals surface area contributed by atoms with Crippen molar-refractivity contribution in [3.05, 3.63) is 43.4 Å². The van der Waals surface area contributed by atoms with Crippen molar-refractivity contribution in [1.29, 1.82) is 0 Å². The van der Waals surface area contributed by atoms with Crippen molar-refractivity contribution in [3.63, 3.8) is 0 Å². The lowest BCUT2D eigenvalue weighted by Gasteiger charge is -1.98. The SMILES string of the molecule is [CH2]CCCCCCCC/C=C/C=C/C=C\C. The van der Waals surface area contributed by atoms with Crippen LogP contribution in [0.5, 0.6) is 0 Å². The molecule has 0 aliphatic rings. The zero-order valence-electron chi connectivity index (χ0n) is 10.8. The van der Waals surface area contributed by atoms with Gasteiger partial charge in [0.05, 0.1) is 0 Å². The molecule has 0 aromatic rings. The van der Waals surface area contributed by atoms with Crippen LogP contribution >= 0.6 is 0 Å². The van der Waals surface area contributed by atoms with Crippen molar-refractivity contribution in [1.82, 2.24) is 0 Å². The van der Waals surface area contributed by atoms with Crippen LogP contribution in [0.3, 0.4) is 0 Å². The molecule has 1 radical (unpaired) electrons. The molecule has 0 bridgehead atoms. The topological polar surface area (TPSA) is 0 Å². The first-order valence-electron chi connectivity index (χ1n) is 6.65. The van der Waals surface area contributed by atoms with E-state index in [1.54, 1.807) is 0 Å². The zero-order chi connectivity index (χ0) is 11.9. The van der Waals surface area contributed by atoms with Crippen LogP contribution in [0.4, 0.5) is 0 Å². The maximum Gasteiger partial charge on any atom is -0.0348 e. The van der Waals surface area contributed by atoms with Gasteiger partial charge in [0.25, 0.3) is 0 Å². The third kappa shape index (κ3) is 13.2. The van der Waals surface area contributed by atoms with Crippen LogP contribution in [0, 0.1) is 6.92 Å². The van der Waals surface area contributed by atoms with Gasteiger partial charge in [-0.1, -0.05) is 81.9 Å². The van der Waals surface area contributed by atoms with Gasteiger partial charge in [0.2, 0.25) is 0 Å². The van der Waals surface area contributed by atoms with E-state index in [-0.39, 0.29) is 0 Å². The predicted molar refractivity (Wildman–Crippen MR) is 75.4 cm³/mol. The third-order valence-electron chi connectivity index (χ3n) is 2.53. The van der Waals surface area contributed by atoms with E-state index in [0.29, 0.717) is 0 Å². The summed E-state index contributed by atoms with van der Waals surface area (Å²) in [5.74, 6) is 0. The molecule has 0 aliphatic carbocycles. The first-order valence-corrected chi connectivity index (χ1v) is 6.65. The van der Waals surface area contributed by atoms with Crippen molar-refractivity contribution >= 4 is 0 Å². The molecule has 0 fully saturated rings. The Morgan fingerprint density at radius 1 is 0.750 bits per heavy atom. The van der Waals surface area contributed by atoms with Crippen molar-refractivity contribution in [2.45, 2.75) is 58.3 Å². The van der Waals surface area contributed by atoms with Gasteiger partial charge in [0.1, 0.15) is 0 Å². The minimum atomic E-state index is 1.10. The lowest BCUT2D eigenvalue weighted by Crippen LogP contribution is -1.78. The summed E-state index contributed by atoms with van der Waals surface area (Å²) in [6.45, 7) is 5.88. The number of unbranched alkanes of at least 4 members (excludes halogenated alkanes) is 7. The number of hydrogen-bond acceptors (Lipinski definition) is 0. The van der Waals surface area contributed by atoms with Gasteiger partial charge in [-0.15, -0.1) is 0 Å². The molecule has 0 amide bonds. The lowest BCUT2D eigenvalue weighted by atomic mass is 10.1. The van der Waals surface area contributed by atoms with Crippen LogP contribution in [0.2, 0.25) is 0 Å². The van der Waals surface area contributed by atoms with E-state index >= 15 is 0 Å². The van der Waals surface area contributed by atoms with E-state index < -0.39 is 0 Å². The van der Waals surface area contributed by atoms with Crippen molar-refractivity contribution in [2.75, 3.05) is 0 Å². The first-order chi connectivity index (χ1) is 7.91. The highest BCUT2D eigenvalue weighted by Crippen LogP contribution is 2.08. The smallest absolute Gasteiger partial charge is 0.0348 e. The second kappa shape index (κ2) is 14.2. The lowest BCUT2D eigenvalue weighted by molar-refractivity contribution is 0.599.